The van der Waals surface area contributed by atoms with Gasteiger partial charge in [-0.2, -0.15) is 0 Å². The van der Waals surface area contributed by atoms with Crippen LogP contribution in [0.1, 0.15) is 15.9 Å². The Balaban J connectivity index is 2.13. The number of hydrogen-bond donors (Lipinski definition) is 1. The Morgan fingerprint density at radius 3 is 2.89 bits per heavy atom. The number of benzene rings is 1. The van der Waals surface area contributed by atoms with E-state index in [9.17, 15) is 4.79 Å². The van der Waals surface area contributed by atoms with Crippen molar-refractivity contribution in [2.45, 2.75) is 6.54 Å². The molecule has 0 fully saturated rings. The van der Waals surface area contributed by atoms with Gasteiger partial charge in [-0.1, -0.05) is 18.2 Å². The molecule has 1 aromatic heterocycles. The van der Waals surface area contributed by atoms with E-state index in [0.717, 1.165) is 5.56 Å². The van der Waals surface area contributed by atoms with Crippen molar-refractivity contribution >= 4 is 18.4 Å². The molecule has 0 aliphatic carbocycles. The van der Waals surface area contributed by atoms with Gasteiger partial charge in [-0.05, 0) is 36.5 Å². The predicted octanol–water partition coefficient (Wildman–Crippen LogP) is 2.53. The summed E-state index contributed by atoms with van der Waals surface area (Å²) < 4.78 is 0. The van der Waals surface area contributed by atoms with E-state index in [2.05, 4.69) is 22.0 Å². The molecule has 1 heterocycles. The zero-order valence-electron chi connectivity index (χ0n) is 9.84. The van der Waals surface area contributed by atoms with Gasteiger partial charge in [0, 0.05) is 11.8 Å². The summed E-state index contributed by atoms with van der Waals surface area (Å²) in [5.74, 6) is 0.356. The van der Waals surface area contributed by atoms with Crippen LogP contribution in [0.2, 0.25) is 0 Å². The third-order valence-corrected chi connectivity index (χ3v) is 2.39. The highest BCUT2D eigenvalue weighted by Crippen LogP contribution is 2.09. The van der Waals surface area contributed by atoms with Crippen molar-refractivity contribution in [2.75, 3.05) is 5.32 Å². The number of aliphatic imine (C=N–C) groups is 1. The second-order valence-corrected chi connectivity index (χ2v) is 3.75. The highest BCUT2D eigenvalue weighted by atomic mass is 16.1. The molecule has 0 unspecified atom stereocenters. The van der Waals surface area contributed by atoms with Gasteiger partial charge in [-0.25, -0.2) is 4.98 Å². The molecule has 18 heavy (non-hydrogen) atoms. The van der Waals surface area contributed by atoms with Crippen molar-refractivity contribution in [1.82, 2.24) is 4.98 Å². The van der Waals surface area contributed by atoms with E-state index in [-0.39, 0.29) is 5.91 Å². The molecule has 0 aliphatic heterocycles. The monoisotopic (exact) mass is 239 g/mol. The van der Waals surface area contributed by atoms with Crippen LogP contribution in [0.3, 0.4) is 0 Å². The molecule has 0 aliphatic rings. The fraction of sp³-hybridized carbons (Fsp3) is 0.0714. The Morgan fingerprint density at radius 1 is 1.28 bits per heavy atom. The highest BCUT2D eigenvalue weighted by Gasteiger charge is 2.06. The SMILES string of the molecule is C=NCc1cccc(C(=O)Nc2ccccn2)c1. The van der Waals surface area contributed by atoms with Crippen molar-refractivity contribution in [3.05, 3.63) is 59.8 Å². The summed E-state index contributed by atoms with van der Waals surface area (Å²) in [5, 5.41) is 2.73. The number of carbonyl (C=O) groups is 1. The van der Waals surface area contributed by atoms with Crippen LogP contribution in [0.25, 0.3) is 0 Å². The first-order valence-corrected chi connectivity index (χ1v) is 5.53. The van der Waals surface area contributed by atoms with Gasteiger partial charge in [0.05, 0.1) is 6.54 Å². The van der Waals surface area contributed by atoms with Gasteiger partial charge in [0.2, 0.25) is 0 Å². The molecular formula is C14H13N3O. The Labute approximate surface area is 105 Å². The number of pyridine rings is 1. The van der Waals surface area contributed by atoms with Gasteiger partial charge < -0.3 is 5.32 Å². The lowest BCUT2D eigenvalue weighted by Gasteiger charge is -2.05. The van der Waals surface area contributed by atoms with Gasteiger partial charge in [0.1, 0.15) is 5.82 Å². The molecule has 1 amide bonds. The van der Waals surface area contributed by atoms with Crippen molar-refractivity contribution in [1.29, 1.82) is 0 Å². The number of hydrogen-bond acceptors (Lipinski definition) is 3. The molecule has 1 aromatic carbocycles. The van der Waals surface area contributed by atoms with E-state index in [4.69, 9.17) is 0 Å². The van der Waals surface area contributed by atoms with Crippen LogP contribution in [0, 0.1) is 0 Å². The lowest BCUT2D eigenvalue weighted by Crippen LogP contribution is -2.12. The van der Waals surface area contributed by atoms with Crippen LogP contribution in [-0.2, 0) is 6.54 Å². The number of carbonyl (C=O) groups excluding carboxylic acids is 1. The van der Waals surface area contributed by atoms with Crippen molar-refractivity contribution < 1.29 is 4.79 Å². The number of nitrogens with one attached hydrogen (secondary N) is 1. The second-order valence-electron chi connectivity index (χ2n) is 3.75. The van der Waals surface area contributed by atoms with Gasteiger partial charge in [-0.3, -0.25) is 9.79 Å². The molecule has 90 valence electrons. The largest absolute Gasteiger partial charge is 0.307 e. The van der Waals surface area contributed by atoms with E-state index < -0.39 is 0 Å². The molecule has 0 saturated heterocycles. The molecule has 0 radical (unpaired) electrons. The first-order chi connectivity index (χ1) is 8.79. The summed E-state index contributed by atoms with van der Waals surface area (Å²) in [7, 11) is 0. The van der Waals surface area contributed by atoms with Crippen LogP contribution in [0.5, 0.6) is 0 Å². The lowest BCUT2D eigenvalue weighted by atomic mass is 10.1. The molecule has 0 spiro atoms. The third kappa shape index (κ3) is 3.01. The van der Waals surface area contributed by atoms with Crippen LogP contribution in [0.4, 0.5) is 5.82 Å². The zero-order chi connectivity index (χ0) is 12.8. The lowest BCUT2D eigenvalue weighted by molar-refractivity contribution is 0.102. The van der Waals surface area contributed by atoms with E-state index in [1.54, 1.807) is 30.5 Å². The average molecular weight is 239 g/mol. The van der Waals surface area contributed by atoms with Gasteiger partial charge in [-0.15, -0.1) is 0 Å². The first kappa shape index (κ1) is 12.0. The normalized spacial score (nSPS) is 9.78. The molecule has 0 bridgehead atoms. The Kier molecular flexibility index (Phi) is 3.81. The summed E-state index contributed by atoms with van der Waals surface area (Å²) in [6.07, 6.45) is 1.63. The third-order valence-electron chi connectivity index (χ3n) is 2.39. The Morgan fingerprint density at radius 2 is 2.17 bits per heavy atom. The minimum atomic E-state index is -0.181. The smallest absolute Gasteiger partial charge is 0.256 e. The van der Waals surface area contributed by atoms with Crippen molar-refractivity contribution in [3.63, 3.8) is 0 Å². The number of amides is 1. The number of rotatable bonds is 4. The van der Waals surface area contributed by atoms with Gasteiger partial charge >= 0.3 is 0 Å². The summed E-state index contributed by atoms with van der Waals surface area (Å²) in [6, 6.07) is 12.7. The Bertz CT molecular complexity index is 552. The summed E-state index contributed by atoms with van der Waals surface area (Å²) >= 11 is 0. The molecule has 2 rings (SSSR count). The van der Waals surface area contributed by atoms with Crippen LogP contribution in [0.15, 0.2) is 53.7 Å². The van der Waals surface area contributed by atoms with Gasteiger partial charge in [0.15, 0.2) is 0 Å². The number of anilines is 1. The van der Waals surface area contributed by atoms with E-state index in [1.807, 2.05) is 18.2 Å². The van der Waals surface area contributed by atoms with Crippen LogP contribution >= 0.6 is 0 Å². The maximum Gasteiger partial charge on any atom is 0.256 e. The number of nitrogens with zero attached hydrogens (tertiary/aromatic N) is 2. The maximum atomic E-state index is 12.0. The fourth-order valence-corrected chi connectivity index (χ4v) is 1.57. The van der Waals surface area contributed by atoms with Crippen LogP contribution < -0.4 is 5.32 Å². The first-order valence-electron chi connectivity index (χ1n) is 5.53. The maximum absolute atomic E-state index is 12.0. The van der Waals surface area contributed by atoms with Crippen molar-refractivity contribution in [3.8, 4) is 0 Å². The molecule has 4 nitrogen and oxygen atoms in total. The van der Waals surface area contributed by atoms with E-state index in [1.165, 1.54) is 0 Å². The molecular weight excluding hydrogens is 226 g/mol. The summed E-state index contributed by atoms with van der Waals surface area (Å²) in [4.78, 5) is 19.8. The van der Waals surface area contributed by atoms with Crippen LogP contribution in [-0.4, -0.2) is 17.6 Å². The van der Waals surface area contributed by atoms with E-state index in [0.29, 0.717) is 17.9 Å². The molecule has 0 atom stereocenters. The van der Waals surface area contributed by atoms with Crippen molar-refractivity contribution in [2.24, 2.45) is 4.99 Å². The topological polar surface area (TPSA) is 54.4 Å². The standard InChI is InChI=1S/C14H13N3O/c1-15-10-11-5-4-6-12(9-11)14(18)17-13-7-2-3-8-16-13/h2-9H,1,10H2,(H,16,17,18). The molecule has 2 aromatic rings. The quantitative estimate of drug-likeness (QED) is 0.833. The average Bonchev–Trinajstić information content (AvgIpc) is 2.40. The minimum Gasteiger partial charge on any atom is -0.307 e. The highest BCUT2D eigenvalue weighted by molar-refractivity contribution is 6.03. The van der Waals surface area contributed by atoms with Gasteiger partial charge in [0.25, 0.3) is 5.91 Å². The fourth-order valence-electron chi connectivity index (χ4n) is 1.57. The molecule has 1 N–H and O–H groups in total. The Hall–Kier alpha value is -2.49. The minimum absolute atomic E-state index is 0.181. The predicted molar refractivity (Wildman–Crippen MR) is 71.9 cm³/mol. The summed E-state index contributed by atoms with van der Waals surface area (Å²) in [5.41, 5.74) is 1.54. The molecule has 0 saturated carbocycles. The zero-order valence-corrected chi connectivity index (χ0v) is 9.84. The molecule has 4 heteroatoms. The second kappa shape index (κ2) is 5.72. The number of aromatic nitrogens is 1. The summed E-state index contributed by atoms with van der Waals surface area (Å²) in [6.45, 7) is 3.94. The van der Waals surface area contributed by atoms with E-state index >= 15 is 0 Å².